The fraction of sp³-hybridized carbons (Fsp3) is 0.500. The summed E-state index contributed by atoms with van der Waals surface area (Å²) in [6, 6.07) is 6.14. The molecule has 0 aromatic heterocycles. The van der Waals surface area contributed by atoms with Gasteiger partial charge in [0.15, 0.2) is 0 Å². The molecule has 0 fully saturated rings. The van der Waals surface area contributed by atoms with Crippen LogP contribution in [-0.4, -0.2) is 20.6 Å². The van der Waals surface area contributed by atoms with E-state index in [1.807, 2.05) is 32.3 Å². The number of benzene rings is 1. The first kappa shape index (κ1) is 13.8. The van der Waals surface area contributed by atoms with Crippen molar-refractivity contribution >= 4 is 23.2 Å². The molecule has 0 aliphatic heterocycles. The van der Waals surface area contributed by atoms with Gasteiger partial charge in [0.2, 0.25) is 0 Å². The summed E-state index contributed by atoms with van der Waals surface area (Å²) < 4.78 is 0. The molecule has 1 rings (SSSR count). The molecule has 0 saturated heterocycles. The first-order valence-electron chi connectivity index (χ1n) is 5.46. The smallest absolute Gasteiger partial charge is 0.0595 e. The summed E-state index contributed by atoms with van der Waals surface area (Å²) in [5.74, 6) is 0. The van der Waals surface area contributed by atoms with Crippen molar-refractivity contribution in [2.45, 2.75) is 18.9 Å². The summed E-state index contributed by atoms with van der Waals surface area (Å²) in [5.41, 5.74) is 1.19. The van der Waals surface area contributed by atoms with Gasteiger partial charge in [-0.25, -0.2) is 0 Å². The Kier molecular flexibility index (Phi) is 6.14. The molecule has 0 aliphatic rings. The molecule has 0 heterocycles. The van der Waals surface area contributed by atoms with Crippen molar-refractivity contribution in [2.24, 2.45) is 0 Å². The lowest BCUT2D eigenvalue weighted by Crippen LogP contribution is -2.18. The lowest BCUT2D eigenvalue weighted by atomic mass is 10.0. The lowest BCUT2D eigenvalue weighted by molar-refractivity contribution is 0.518. The molecule has 1 aromatic carbocycles. The van der Waals surface area contributed by atoms with E-state index in [0.717, 1.165) is 19.4 Å². The molecule has 0 aliphatic carbocycles. The van der Waals surface area contributed by atoms with E-state index in [1.54, 1.807) is 0 Å². The lowest BCUT2D eigenvalue weighted by Gasteiger charge is -2.17. The van der Waals surface area contributed by atoms with Crippen LogP contribution in [0.25, 0.3) is 0 Å². The SMILES string of the molecule is CNCCCC(NC)c1ccc(Cl)c(Cl)c1. The van der Waals surface area contributed by atoms with E-state index in [4.69, 9.17) is 23.2 Å². The number of nitrogens with one attached hydrogen (secondary N) is 2. The van der Waals surface area contributed by atoms with Crippen molar-refractivity contribution in [3.05, 3.63) is 33.8 Å². The van der Waals surface area contributed by atoms with Gasteiger partial charge in [-0.2, -0.15) is 0 Å². The number of rotatable bonds is 6. The van der Waals surface area contributed by atoms with Gasteiger partial charge in [-0.15, -0.1) is 0 Å². The van der Waals surface area contributed by atoms with E-state index in [0.29, 0.717) is 16.1 Å². The van der Waals surface area contributed by atoms with Gasteiger partial charge in [0.1, 0.15) is 0 Å². The molecule has 0 bridgehead atoms. The molecule has 16 heavy (non-hydrogen) atoms. The standard InChI is InChI=1S/C12H18Cl2N2/c1-15-7-3-4-12(16-2)9-5-6-10(13)11(14)8-9/h5-6,8,12,15-16H,3-4,7H2,1-2H3. The summed E-state index contributed by atoms with van der Waals surface area (Å²) in [6.45, 7) is 1.03. The minimum absolute atomic E-state index is 0.336. The average Bonchev–Trinajstić information content (AvgIpc) is 2.29. The average molecular weight is 261 g/mol. The van der Waals surface area contributed by atoms with Crippen LogP contribution in [0.5, 0.6) is 0 Å². The van der Waals surface area contributed by atoms with Crippen LogP contribution in [0.2, 0.25) is 10.0 Å². The monoisotopic (exact) mass is 260 g/mol. The van der Waals surface area contributed by atoms with Crippen LogP contribution in [0.3, 0.4) is 0 Å². The summed E-state index contributed by atoms with van der Waals surface area (Å²) in [7, 11) is 3.93. The van der Waals surface area contributed by atoms with Crippen molar-refractivity contribution in [3.8, 4) is 0 Å². The Balaban J connectivity index is 2.67. The quantitative estimate of drug-likeness (QED) is 0.768. The summed E-state index contributed by atoms with van der Waals surface area (Å²) >= 11 is 11.9. The molecule has 1 unspecified atom stereocenters. The largest absolute Gasteiger partial charge is 0.320 e. The van der Waals surface area contributed by atoms with Crippen LogP contribution in [-0.2, 0) is 0 Å². The first-order chi connectivity index (χ1) is 7.69. The highest BCUT2D eigenvalue weighted by atomic mass is 35.5. The van der Waals surface area contributed by atoms with Gasteiger partial charge >= 0.3 is 0 Å². The second kappa shape index (κ2) is 7.13. The van der Waals surface area contributed by atoms with Crippen LogP contribution < -0.4 is 10.6 Å². The second-order valence-corrected chi connectivity index (χ2v) is 4.57. The van der Waals surface area contributed by atoms with Crippen molar-refractivity contribution in [1.29, 1.82) is 0 Å². The van der Waals surface area contributed by atoms with Gasteiger partial charge in [0.05, 0.1) is 10.0 Å². The fourth-order valence-corrected chi connectivity index (χ4v) is 2.00. The molecular formula is C12H18Cl2N2. The van der Waals surface area contributed by atoms with Gasteiger partial charge in [-0.1, -0.05) is 29.3 Å². The highest BCUT2D eigenvalue weighted by molar-refractivity contribution is 6.42. The Morgan fingerprint density at radius 2 is 1.94 bits per heavy atom. The van der Waals surface area contributed by atoms with E-state index in [1.165, 1.54) is 5.56 Å². The Labute approximate surface area is 107 Å². The second-order valence-electron chi connectivity index (χ2n) is 3.76. The molecule has 1 atom stereocenters. The van der Waals surface area contributed by atoms with Crippen LogP contribution in [0.1, 0.15) is 24.4 Å². The molecule has 0 saturated carbocycles. The van der Waals surface area contributed by atoms with Gasteiger partial charge in [0, 0.05) is 6.04 Å². The minimum atomic E-state index is 0.336. The third kappa shape index (κ3) is 3.95. The third-order valence-corrected chi connectivity index (χ3v) is 3.35. The zero-order valence-corrected chi connectivity index (χ0v) is 11.2. The van der Waals surface area contributed by atoms with Crippen LogP contribution in [0.4, 0.5) is 0 Å². The molecular weight excluding hydrogens is 243 g/mol. The normalized spacial score (nSPS) is 12.8. The highest BCUT2D eigenvalue weighted by Gasteiger charge is 2.10. The predicted molar refractivity (Wildman–Crippen MR) is 71.4 cm³/mol. The fourth-order valence-electron chi connectivity index (χ4n) is 1.69. The van der Waals surface area contributed by atoms with Crippen LogP contribution >= 0.6 is 23.2 Å². The van der Waals surface area contributed by atoms with Crippen LogP contribution in [0.15, 0.2) is 18.2 Å². The summed E-state index contributed by atoms with van der Waals surface area (Å²) in [4.78, 5) is 0. The van der Waals surface area contributed by atoms with E-state index in [2.05, 4.69) is 10.6 Å². The maximum absolute atomic E-state index is 6.00. The Morgan fingerprint density at radius 3 is 2.50 bits per heavy atom. The zero-order valence-electron chi connectivity index (χ0n) is 9.69. The molecule has 0 radical (unpaired) electrons. The Morgan fingerprint density at radius 1 is 1.19 bits per heavy atom. The van der Waals surface area contributed by atoms with E-state index < -0.39 is 0 Å². The van der Waals surface area contributed by atoms with Crippen molar-refractivity contribution in [1.82, 2.24) is 10.6 Å². The summed E-state index contributed by atoms with van der Waals surface area (Å²) in [5, 5.41) is 7.66. The molecule has 2 N–H and O–H groups in total. The van der Waals surface area contributed by atoms with Gasteiger partial charge in [0.25, 0.3) is 0 Å². The molecule has 1 aromatic rings. The highest BCUT2D eigenvalue weighted by Crippen LogP contribution is 2.27. The molecule has 2 nitrogen and oxygen atoms in total. The number of hydrogen-bond acceptors (Lipinski definition) is 2. The number of halogens is 2. The zero-order chi connectivity index (χ0) is 12.0. The predicted octanol–water partition coefficient (Wildman–Crippen LogP) is 3.25. The molecule has 90 valence electrons. The van der Waals surface area contributed by atoms with Crippen molar-refractivity contribution in [2.75, 3.05) is 20.6 Å². The van der Waals surface area contributed by atoms with Gasteiger partial charge in [-0.05, 0) is 51.2 Å². The molecule has 0 amide bonds. The molecule has 4 heteroatoms. The van der Waals surface area contributed by atoms with E-state index in [-0.39, 0.29) is 0 Å². The minimum Gasteiger partial charge on any atom is -0.320 e. The summed E-state index contributed by atoms with van der Waals surface area (Å²) in [6.07, 6.45) is 2.21. The number of hydrogen-bond donors (Lipinski definition) is 2. The van der Waals surface area contributed by atoms with Crippen LogP contribution in [0, 0.1) is 0 Å². The maximum atomic E-state index is 6.00. The molecule has 0 spiro atoms. The van der Waals surface area contributed by atoms with Gasteiger partial charge in [-0.3, -0.25) is 0 Å². The van der Waals surface area contributed by atoms with Gasteiger partial charge < -0.3 is 10.6 Å². The Hall–Kier alpha value is -0.280. The first-order valence-corrected chi connectivity index (χ1v) is 6.21. The van der Waals surface area contributed by atoms with Crippen molar-refractivity contribution < 1.29 is 0 Å². The van der Waals surface area contributed by atoms with E-state index in [9.17, 15) is 0 Å². The topological polar surface area (TPSA) is 24.1 Å². The van der Waals surface area contributed by atoms with E-state index >= 15 is 0 Å². The third-order valence-electron chi connectivity index (χ3n) is 2.61. The maximum Gasteiger partial charge on any atom is 0.0595 e. The van der Waals surface area contributed by atoms with Crippen molar-refractivity contribution in [3.63, 3.8) is 0 Å². The Bertz CT molecular complexity index is 329.